The molecule has 0 bridgehead atoms. The average Bonchev–Trinajstić information content (AvgIpc) is 3.31. The summed E-state index contributed by atoms with van der Waals surface area (Å²) in [6.07, 6.45) is 9.21. The Labute approximate surface area is 186 Å². The van der Waals surface area contributed by atoms with Crippen LogP contribution < -0.4 is 5.32 Å². The van der Waals surface area contributed by atoms with E-state index in [0.717, 1.165) is 53.5 Å². The number of aliphatic hydroxyl groups excluding tert-OH is 1. The maximum Gasteiger partial charge on any atom is 0.272 e. The molecule has 0 aliphatic heterocycles. The van der Waals surface area contributed by atoms with Crippen LogP contribution in [0.4, 0.5) is 0 Å². The topological polar surface area (TPSA) is 79.5 Å². The molecule has 1 aliphatic rings. The maximum atomic E-state index is 12.9. The minimum absolute atomic E-state index is 0.206. The third-order valence-corrected chi connectivity index (χ3v) is 6.22. The Balaban J connectivity index is 1.39. The van der Waals surface area contributed by atoms with Crippen molar-refractivity contribution in [3.63, 3.8) is 0 Å². The molecule has 0 radical (unpaired) electrons. The molecule has 3 heterocycles. The van der Waals surface area contributed by atoms with Crippen LogP contribution in [-0.2, 0) is 6.42 Å². The van der Waals surface area contributed by atoms with E-state index in [4.69, 9.17) is 0 Å². The van der Waals surface area contributed by atoms with E-state index in [1.165, 1.54) is 0 Å². The summed E-state index contributed by atoms with van der Waals surface area (Å²) in [6.45, 7) is 0. The number of fused-ring (bicyclic) bond motifs is 1. The van der Waals surface area contributed by atoms with Crippen molar-refractivity contribution in [3.8, 4) is 11.1 Å². The van der Waals surface area contributed by atoms with Gasteiger partial charge in [-0.3, -0.25) is 9.78 Å². The fourth-order valence-electron chi connectivity index (χ4n) is 4.45. The summed E-state index contributed by atoms with van der Waals surface area (Å²) in [5.41, 5.74) is 5.83. The van der Waals surface area contributed by atoms with Gasteiger partial charge in [0.15, 0.2) is 0 Å². The first kappa shape index (κ1) is 20.4. The predicted octanol–water partition coefficient (Wildman–Crippen LogP) is 4.02. The smallest absolute Gasteiger partial charge is 0.272 e. The van der Waals surface area contributed by atoms with Crippen LogP contribution in [0.1, 0.15) is 47.3 Å². The van der Waals surface area contributed by atoms with E-state index in [2.05, 4.69) is 39.7 Å². The Morgan fingerprint density at radius 1 is 1.03 bits per heavy atom. The molecule has 2 N–H and O–H groups in total. The number of benzene rings is 1. The lowest BCUT2D eigenvalue weighted by Crippen LogP contribution is -2.45. The van der Waals surface area contributed by atoms with Crippen LogP contribution in [0.5, 0.6) is 0 Å². The summed E-state index contributed by atoms with van der Waals surface area (Å²) in [7, 11) is 0. The SMILES string of the molecule is O=C(N[C@H]1CCCC[C@@H]1O)c1cc(Cc2ccc(-c3ccncc3)cc2)c2cccn2n1. The highest BCUT2D eigenvalue weighted by Crippen LogP contribution is 2.23. The molecule has 6 heteroatoms. The molecule has 5 rings (SSSR count). The van der Waals surface area contributed by atoms with Gasteiger partial charge in [-0.2, -0.15) is 5.10 Å². The summed E-state index contributed by atoms with van der Waals surface area (Å²) in [5, 5.41) is 17.7. The average molecular weight is 427 g/mol. The largest absolute Gasteiger partial charge is 0.391 e. The first-order valence-electron chi connectivity index (χ1n) is 11.1. The first-order chi connectivity index (χ1) is 15.7. The standard InChI is InChI=1S/C26H26N4O2/c31-25-6-2-1-4-22(25)28-26(32)23-17-21(24-5-3-15-30(24)29-23)16-18-7-9-19(10-8-18)20-11-13-27-14-12-20/h3,5,7-15,17,22,25,31H,1-2,4,6,16H2,(H,28,32)/t22-,25-/m0/s1. The molecule has 1 aliphatic carbocycles. The molecular formula is C26H26N4O2. The van der Waals surface area contributed by atoms with E-state index in [0.29, 0.717) is 12.1 Å². The van der Waals surface area contributed by atoms with Gasteiger partial charge in [-0.05, 0) is 71.8 Å². The Kier molecular flexibility index (Phi) is 5.69. The third-order valence-electron chi connectivity index (χ3n) is 6.22. The lowest BCUT2D eigenvalue weighted by Gasteiger charge is -2.28. The highest BCUT2D eigenvalue weighted by molar-refractivity contribution is 5.93. The van der Waals surface area contributed by atoms with Gasteiger partial charge in [0.05, 0.1) is 17.7 Å². The number of nitrogens with zero attached hydrogens (tertiary/aromatic N) is 3. The third kappa shape index (κ3) is 4.27. The lowest BCUT2D eigenvalue weighted by atomic mass is 9.92. The van der Waals surface area contributed by atoms with E-state index in [9.17, 15) is 9.90 Å². The molecule has 4 aromatic rings. The number of nitrogens with one attached hydrogen (secondary N) is 1. The second kappa shape index (κ2) is 8.93. The molecule has 32 heavy (non-hydrogen) atoms. The number of hydrogen-bond acceptors (Lipinski definition) is 4. The van der Waals surface area contributed by atoms with Crippen LogP contribution in [0.2, 0.25) is 0 Å². The molecule has 162 valence electrons. The number of amides is 1. The van der Waals surface area contributed by atoms with Gasteiger partial charge < -0.3 is 10.4 Å². The van der Waals surface area contributed by atoms with Crippen LogP contribution in [0.25, 0.3) is 16.6 Å². The molecule has 6 nitrogen and oxygen atoms in total. The number of hydrogen-bond donors (Lipinski definition) is 2. The Morgan fingerprint density at radius 3 is 2.56 bits per heavy atom. The predicted molar refractivity (Wildman–Crippen MR) is 123 cm³/mol. The van der Waals surface area contributed by atoms with Gasteiger partial charge in [0, 0.05) is 18.6 Å². The van der Waals surface area contributed by atoms with Crippen molar-refractivity contribution >= 4 is 11.4 Å². The summed E-state index contributed by atoms with van der Waals surface area (Å²) in [5.74, 6) is -0.235. The summed E-state index contributed by atoms with van der Waals surface area (Å²) in [6, 6.07) is 18.1. The van der Waals surface area contributed by atoms with Crippen molar-refractivity contribution in [1.29, 1.82) is 0 Å². The van der Waals surface area contributed by atoms with E-state index in [1.54, 1.807) is 16.9 Å². The second-order valence-corrected chi connectivity index (χ2v) is 8.43. The monoisotopic (exact) mass is 426 g/mol. The van der Waals surface area contributed by atoms with Crippen LogP contribution in [0.15, 0.2) is 73.2 Å². The zero-order valence-corrected chi connectivity index (χ0v) is 17.8. The number of pyridine rings is 1. The Morgan fingerprint density at radius 2 is 1.78 bits per heavy atom. The highest BCUT2D eigenvalue weighted by atomic mass is 16.3. The van der Waals surface area contributed by atoms with E-state index < -0.39 is 6.10 Å². The minimum atomic E-state index is -0.485. The van der Waals surface area contributed by atoms with Crippen LogP contribution >= 0.6 is 0 Å². The zero-order chi connectivity index (χ0) is 21.9. The quantitative estimate of drug-likeness (QED) is 0.505. The van der Waals surface area contributed by atoms with E-state index in [1.807, 2.05) is 36.5 Å². The van der Waals surface area contributed by atoms with Crippen LogP contribution in [0, 0.1) is 0 Å². The molecule has 1 saturated carbocycles. The zero-order valence-electron chi connectivity index (χ0n) is 17.8. The van der Waals surface area contributed by atoms with E-state index >= 15 is 0 Å². The lowest BCUT2D eigenvalue weighted by molar-refractivity contribution is 0.0713. The van der Waals surface area contributed by atoms with Gasteiger partial charge in [-0.25, -0.2) is 4.52 Å². The second-order valence-electron chi connectivity index (χ2n) is 8.43. The van der Waals surface area contributed by atoms with Crippen LogP contribution in [-0.4, -0.2) is 37.8 Å². The fraction of sp³-hybridized carbons (Fsp3) is 0.269. The van der Waals surface area contributed by atoms with Crippen LogP contribution in [0.3, 0.4) is 0 Å². The minimum Gasteiger partial charge on any atom is -0.391 e. The van der Waals surface area contributed by atoms with Crippen molar-refractivity contribution in [1.82, 2.24) is 19.9 Å². The summed E-state index contributed by atoms with van der Waals surface area (Å²) in [4.78, 5) is 17.0. The number of aliphatic hydroxyl groups is 1. The normalized spacial score (nSPS) is 18.5. The van der Waals surface area contributed by atoms with Crippen molar-refractivity contribution in [3.05, 3.63) is 90.0 Å². The van der Waals surface area contributed by atoms with Gasteiger partial charge in [-0.1, -0.05) is 37.1 Å². The number of aromatic nitrogens is 3. The van der Waals surface area contributed by atoms with E-state index in [-0.39, 0.29) is 11.9 Å². The van der Waals surface area contributed by atoms with Gasteiger partial charge in [-0.15, -0.1) is 0 Å². The molecular weight excluding hydrogens is 400 g/mol. The fourth-order valence-corrected chi connectivity index (χ4v) is 4.45. The molecule has 1 amide bonds. The van der Waals surface area contributed by atoms with Gasteiger partial charge in [0.2, 0.25) is 0 Å². The van der Waals surface area contributed by atoms with Gasteiger partial charge in [0.25, 0.3) is 5.91 Å². The maximum absolute atomic E-state index is 12.9. The molecule has 1 aromatic carbocycles. The van der Waals surface area contributed by atoms with Gasteiger partial charge >= 0.3 is 0 Å². The van der Waals surface area contributed by atoms with Crippen molar-refractivity contribution in [2.75, 3.05) is 0 Å². The number of carbonyl (C=O) groups is 1. The van der Waals surface area contributed by atoms with Crippen molar-refractivity contribution < 1.29 is 9.90 Å². The summed E-state index contributed by atoms with van der Waals surface area (Å²) >= 11 is 0. The molecule has 1 fully saturated rings. The van der Waals surface area contributed by atoms with Gasteiger partial charge in [0.1, 0.15) is 5.69 Å². The Bertz CT molecular complexity index is 1220. The number of carbonyl (C=O) groups excluding carboxylic acids is 1. The highest BCUT2D eigenvalue weighted by Gasteiger charge is 2.25. The Hall–Kier alpha value is -3.51. The number of rotatable bonds is 5. The van der Waals surface area contributed by atoms with Crippen molar-refractivity contribution in [2.45, 2.75) is 44.2 Å². The first-order valence-corrected chi connectivity index (χ1v) is 11.1. The molecule has 0 saturated heterocycles. The summed E-state index contributed by atoms with van der Waals surface area (Å²) < 4.78 is 1.76. The molecule has 3 aromatic heterocycles. The molecule has 0 unspecified atom stereocenters. The van der Waals surface area contributed by atoms with Crippen molar-refractivity contribution in [2.24, 2.45) is 0 Å². The molecule has 2 atom stereocenters. The molecule has 0 spiro atoms.